The number of rotatable bonds is 6. The van der Waals surface area contributed by atoms with Gasteiger partial charge in [0.15, 0.2) is 0 Å². The average molecular weight is 589 g/mol. The number of carbonyl (C=O) groups is 1. The quantitative estimate of drug-likeness (QED) is 0.354. The van der Waals surface area contributed by atoms with Crippen LogP contribution in [0.15, 0.2) is 59.5 Å². The number of H-pyrrole nitrogens is 1. The Morgan fingerprint density at radius 1 is 1.09 bits per heavy atom. The van der Waals surface area contributed by atoms with Crippen LogP contribution in [0.25, 0.3) is 10.8 Å². The first-order chi connectivity index (χ1) is 20.7. The van der Waals surface area contributed by atoms with E-state index in [1.54, 1.807) is 18.2 Å². The van der Waals surface area contributed by atoms with Crippen molar-refractivity contribution in [3.8, 4) is 11.8 Å². The van der Waals surface area contributed by atoms with Gasteiger partial charge in [-0.25, -0.2) is 23.3 Å². The predicted octanol–water partition coefficient (Wildman–Crippen LogP) is 4.45. The van der Waals surface area contributed by atoms with Crippen molar-refractivity contribution >= 4 is 22.5 Å². The van der Waals surface area contributed by atoms with Gasteiger partial charge in [0.2, 0.25) is 0 Å². The van der Waals surface area contributed by atoms with Crippen molar-refractivity contribution in [2.24, 2.45) is 0 Å². The van der Waals surface area contributed by atoms with Gasteiger partial charge in [0.05, 0.1) is 41.4 Å². The number of carbonyl (C=O) groups excluding carboxylic acids is 1. The van der Waals surface area contributed by atoms with E-state index in [0.717, 1.165) is 30.2 Å². The maximum absolute atomic E-state index is 15.0. The highest BCUT2D eigenvalue weighted by atomic mass is 19.3. The van der Waals surface area contributed by atoms with Gasteiger partial charge in [-0.3, -0.25) is 9.59 Å². The zero-order chi connectivity index (χ0) is 30.1. The summed E-state index contributed by atoms with van der Waals surface area (Å²) in [4.78, 5) is 32.3. The third-order valence-corrected chi connectivity index (χ3v) is 7.80. The first-order valence-electron chi connectivity index (χ1n) is 13.9. The smallest absolute Gasteiger partial charge is 0.282 e. The van der Waals surface area contributed by atoms with Gasteiger partial charge < -0.3 is 14.5 Å². The lowest BCUT2D eigenvalue weighted by Gasteiger charge is -2.26. The molecular weight excluding hydrogens is 561 g/mol. The Morgan fingerprint density at radius 2 is 1.93 bits per heavy atom. The van der Waals surface area contributed by atoms with Crippen LogP contribution in [0.5, 0.6) is 5.75 Å². The Morgan fingerprint density at radius 3 is 2.65 bits per heavy atom. The molecule has 9 nitrogen and oxygen atoms in total. The number of hydrogen-bond donors (Lipinski definition) is 1. The fraction of sp³-hybridized carbons (Fsp3) is 0.323. The van der Waals surface area contributed by atoms with Crippen LogP contribution in [0.3, 0.4) is 0 Å². The molecule has 220 valence electrons. The minimum absolute atomic E-state index is 0.0418. The van der Waals surface area contributed by atoms with Crippen molar-refractivity contribution in [2.45, 2.75) is 37.7 Å². The largest absolute Gasteiger partial charge is 0.490 e. The van der Waals surface area contributed by atoms with E-state index in [-0.39, 0.29) is 42.6 Å². The molecule has 43 heavy (non-hydrogen) atoms. The van der Waals surface area contributed by atoms with E-state index in [1.807, 2.05) is 6.07 Å². The van der Waals surface area contributed by atoms with Crippen molar-refractivity contribution in [2.75, 3.05) is 31.1 Å². The first kappa shape index (κ1) is 28.2. The van der Waals surface area contributed by atoms with E-state index < -0.39 is 30.7 Å². The summed E-state index contributed by atoms with van der Waals surface area (Å²) in [6.45, 7) is -1.62. The second-order valence-electron chi connectivity index (χ2n) is 10.9. The van der Waals surface area contributed by atoms with Crippen molar-refractivity contribution in [1.29, 1.82) is 5.26 Å². The molecule has 1 aliphatic heterocycles. The first-order valence-corrected chi connectivity index (χ1v) is 13.9. The highest BCUT2D eigenvalue weighted by Gasteiger charge is 2.39. The van der Waals surface area contributed by atoms with E-state index >= 15 is 8.78 Å². The molecule has 4 aromatic rings. The Kier molecular flexibility index (Phi) is 7.48. The highest BCUT2D eigenvalue weighted by Crippen LogP contribution is 2.29. The summed E-state index contributed by atoms with van der Waals surface area (Å²) >= 11 is 0. The molecule has 2 aromatic carbocycles. The van der Waals surface area contributed by atoms with E-state index in [2.05, 4.69) is 15.2 Å². The Bertz CT molecular complexity index is 1780. The monoisotopic (exact) mass is 588 g/mol. The molecule has 2 fully saturated rings. The lowest BCUT2D eigenvalue weighted by atomic mass is 9.96. The Hall–Kier alpha value is -4.92. The number of aromatic amines is 1. The number of ether oxygens (including phenoxy) is 1. The summed E-state index contributed by atoms with van der Waals surface area (Å²) in [5.74, 6) is -4.11. The summed E-state index contributed by atoms with van der Waals surface area (Å²) in [6, 6.07) is 14.0. The summed E-state index contributed by atoms with van der Waals surface area (Å²) in [6.07, 6.45) is 4.63. The van der Waals surface area contributed by atoms with Gasteiger partial charge in [0.25, 0.3) is 17.4 Å². The van der Waals surface area contributed by atoms with Crippen LogP contribution in [0.2, 0.25) is 0 Å². The number of aromatic nitrogens is 3. The maximum atomic E-state index is 15.0. The van der Waals surface area contributed by atoms with Crippen LogP contribution in [0.4, 0.5) is 19.0 Å². The molecule has 3 heterocycles. The normalized spacial score (nSPS) is 16.8. The molecular formula is C31H27F3N6O3. The number of pyridine rings is 1. The number of hydrogen-bond acceptors (Lipinski definition) is 7. The minimum atomic E-state index is -3.30. The summed E-state index contributed by atoms with van der Waals surface area (Å²) in [5.41, 5.74) is 0.605. The molecule has 2 aliphatic rings. The van der Waals surface area contributed by atoms with Crippen LogP contribution in [0, 0.1) is 17.1 Å². The topological polar surface area (TPSA) is 115 Å². The number of nitrogens with one attached hydrogen (secondary N) is 1. The number of benzene rings is 2. The molecule has 1 N–H and O–H groups in total. The third kappa shape index (κ3) is 6.02. The zero-order valence-electron chi connectivity index (χ0n) is 23.0. The zero-order valence-corrected chi connectivity index (χ0v) is 23.0. The Balaban J connectivity index is 1.24. The van der Waals surface area contributed by atoms with E-state index in [9.17, 15) is 14.0 Å². The van der Waals surface area contributed by atoms with E-state index in [1.165, 1.54) is 35.4 Å². The summed E-state index contributed by atoms with van der Waals surface area (Å²) in [5, 5.41) is 16.7. The van der Waals surface area contributed by atoms with Crippen molar-refractivity contribution in [1.82, 2.24) is 20.1 Å². The molecule has 0 bridgehead atoms. The number of alkyl halides is 2. The summed E-state index contributed by atoms with van der Waals surface area (Å²) in [7, 11) is 0. The molecule has 2 aromatic heterocycles. The van der Waals surface area contributed by atoms with Gasteiger partial charge in [0.1, 0.15) is 23.5 Å². The number of anilines is 1. The van der Waals surface area contributed by atoms with Crippen LogP contribution in [-0.2, 0) is 6.42 Å². The van der Waals surface area contributed by atoms with Gasteiger partial charge in [-0.1, -0.05) is 6.07 Å². The molecule has 0 atom stereocenters. The average Bonchev–Trinajstić information content (AvgIpc) is 3.15. The second-order valence-corrected chi connectivity index (χ2v) is 10.9. The molecule has 12 heteroatoms. The van der Waals surface area contributed by atoms with Crippen molar-refractivity contribution in [3.05, 3.63) is 93.3 Å². The molecule has 1 saturated carbocycles. The number of amides is 1. The maximum Gasteiger partial charge on any atom is 0.282 e. The molecule has 1 aliphatic carbocycles. The van der Waals surface area contributed by atoms with Gasteiger partial charge in [0, 0.05) is 31.1 Å². The fourth-order valence-corrected chi connectivity index (χ4v) is 5.31. The van der Waals surface area contributed by atoms with Crippen molar-refractivity contribution < 1.29 is 22.7 Å². The molecule has 6 rings (SSSR count). The molecule has 0 spiro atoms. The van der Waals surface area contributed by atoms with Crippen LogP contribution < -0.4 is 15.2 Å². The SMILES string of the molecule is N#Cc1ccc(N2CCN(C(=O)c3cc(Cc4n[nH]c(=O)c5ccc(OC6CCC6)cc45)ccc3F)CC(F)(F)C2)nc1. The minimum Gasteiger partial charge on any atom is -0.490 e. The standard InChI is InChI=1S/C31H27F3N6O3/c32-26-8-4-19(13-27-24-14-22(43-21-2-1-3-21)6-7-23(24)29(41)38-37-27)12-25(26)30(42)40-11-10-39(17-31(33,34)18-40)28-9-5-20(15-35)16-36-28/h4-9,12,14,16,21H,1-3,10-11,13,17-18H2,(H,38,41). The summed E-state index contributed by atoms with van der Waals surface area (Å²) < 4.78 is 51.0. The fourth-order valence-electron chi connectivity index (χ4n) is 5.31. The van der Waals surface area contributed by atoms with Crippen LogP contribution in [0.1, 0.15) is 46.4 Å². The van der Waals surface area contributed by atoms with Crippen LogP contribution >= 0.6 is 0 Å². The molecule has 1 amide bonds. The van der Waals surface area contributed by atoms with E-state index in [4.69, 9.17) is 10.00 Å². The molecule has 0 unspecified atom stereocenters. The lowest BCUT2D eigenvalue weighted by Crippen LogP contribution is -2.42. The van der Waals surface area contributed by atoms with Gasteiger partial charge in [-0.2, -0.15) is 10.4 Å². The number of halogens is 3. The molecule has 0 radical (unpaired) electrons. The number of fused-ring (bicyclic) bond motifs is 1. The number of nitriles is 1. The predicted molar refractivity (Wildman–Crippen MR) is 152 cm³/mol. The lowest BCUT2D eigenvalue weighted by molar-refractivity contribution is -0.0121. The van der Waals surface area contributed by atoms with Gasteiger partial charge >= 0.3 is 0 Å². The highest BCUT2D eigenvalue weighted by molar-refractivity contribution is 5.95. The van der Waals surface area contributed by atoms with Crippen LogP contribution in [-0.4, -0.2) is 64.2 Å². The second kappa shape index (κ2) is 11.4. The van der Waals surface area contributed by atoms with Gasteiger partial charge in [-0.15, -0.1) is 0 Å². The van der Waals surface area contributed by atoms with E-state index in [0.29, 0.717) is 33.3 Å². The third-order valence-electron chi connectivity index (χ3n) is 7.80. The molecule has 1 saturated heterocycles. The Labute approximate surface area is 244 Å². The van der Waals surface area contributed by atoms with Gasteiger partial charge in [-0.05, 0) is 67.3 Å². The van der Waals surface area contributed by atoms with Crippen molar-refractivity contribution in [3.63, 3.8) is 0 Å². The number of nitrogens with zero attached hydrogens (tertiary/aromatic N) is 5.